The number of benzene rings is 1. The fourth-order valence-corrected chi connectivity index (χ4v) is 2.99. The Hall–Kier alpha value is -1.08. The van der Waals surface area contributed by atoms with Gasteiger partial charge in [0.25, 0.3) is 0 Å². The van der Waals surface area contributed by atoms with E-state index in [1.807, 2.05) is 7.05 Å². The van der Waals surface area contributed by atoms with E-state index in [9.17, 15) is 0 Å². The zero-order valence-corrected chi connectivity index (χ0v) is 12.8. The highest BCUT2D eigenvalue weighted by atomic mass is 14.8. The van der Waals surface area contributed by atoms with Crippen molar-refractivity contribution in [2.75, 3.05) is 13.6 Å². The van der Waals surface area contributed by atoms with Gasteiger partial charge in [-0.25, -0.2) is 0 Å². The maximum Gasteiger partial charge on any atom is 0.0167 e. The highest BCUT2D eigenvalue weighted by molar-refractivity contribution is 5.70. The Bertz CT molecular complexity index is 451. The normalized spacial score (nSPS) is 18.7. The van der Waals surface area contributed by atoms with E-state index < -0.39 is 0 Å². The first-order chi connectivity index (χ1) is 9.05. The minimum absolute atomic E-state index is 0.440. The third-order valence-corrected chi connectivity index (χ3v) is 4.29. The van der Waals surface area contributed by atoms with Crippen molar-refractivity contribution in [2.24, 2.45) is 5.41 Å². The van der Waals surface area contributed by atoms with Gasteiger partial charge in [-0.3, -0.25) is 0 Å². The molecular formula is C18H27N. The highest BCUT2D eigenvalue weighted by Crippen LogP contribution is 2.42. The van der Waals surface area contributed by atoms with Crippen LogP contribution in [-0.2, 0) is 6.42 Å². The van der Waals surface area contributed by atoms with E-state index in [0.717, 1.165) is 13.0 Å². The predicted molar refractivity (Wildman–Crippen MR) is 84.3 cm³/mol. The van der Waals surface area contributed by atoms with Crippen LogP contribution in [0, 0.1) is 5.41 Å². The predicted octanol–water partition coefficient (Wildman–Crippen LogP) is 4.43. The number of hydrogen-bond donors (Lipinski definition) is 1. The van der Waals surface area contributed by atoms with Crippen molar-refractivity contribution < 1.29 is 0 Å². The van der Waals surface area contributed by atoms with Gasteiger partial charge in [0.15, 0.2) is 0 Å². The summed E-state index contributed by atoms with van der Waals surface area (Å²) in [5.74, 6) is 0. The van der Waals surface area contributed by atoms with Gasteiger partial charge in [0, 0.05) is 6.54 Å². The van der Waals surface area contributed by atoms with Gasteiger partial charge >= 0.3 is 0 Å². The van der Waals surface area contributed by atoms with Crippen molar-refractivity contribution in [3.63, 3.8) is 0 Å². The Balaban J connectivity index is 2.34. The molecule has 0 saturated carbocycles. The van der Waals surface area contributed by atoms with Gasteiger partial charge in [-0.1, -0.05) is 50.6 Å². The monoisotopic (exact) mass is 257 g/mol. The first-order valence-corrected chi connectivity index (χ1v) is 7.50. The van der Waals surface area contributed by atoms with Gasteiger partial charge in [-0.05, 0) is 54.8 Å². The van der Waals surface area contributed by atoms with Crippen molar-refractivity contribution in [2.45, 2.75) is 46.5 Å². The molecule has 1 aromatic carbocycles. The molecule has 0 radical (unpaired) electrons. The molecule has 1 aromatic rings. The molecule has 0 heterocycles. The van der Waals surface area contributed by atoms with Crippen LogP contribution in [-0.4, -0.2) is 13.6 Å². The molecule has 0 unspecified atom stereocenters. The van der Waals surface area contributed by atoms with Crippen LogP contribution in [0.1, 0.15) is 51.2 Å². The summed E-state index contributed by atoms with van der Waals surface area (Å²) >= 11 is 0. The summed E-state index contributed by atoms with van der Waals surface area (Å²) in [5.41, 5.74) is 6.47. The molecule has 19 heavy (non-hydrogen) atoms. The Morgan fingerprint density at radius 3 is 2.42 bits per heavy atom. The molecular weight excluding hydrogens is 230 g/mol. The third-order valence-electron chi connectivity index (χ3n) is 4.29. The maximum absolute atomic E-state index is 3.33. The van der Waals surface area contributed by atoms with E-state index in [4.69, 9.17) is 0 Å². The molecule has 2 rings (SSSR count). The van der Waals surface area contributed by atoms with Gasteiger partial charge in [0.05, 0.1) is 0 Å². The molecule has 1 aliphatic carbocycles. The fourth-order valence-electron chi connectivity index (χ4n) is 2.99. The van der Waals surface area contributed by atoms with Crippen molar-refractivity contribution in [3.8, 4) is 0 Å². The van der Waals surface area contributed by atoms with Gasteiger partial charge in [-0.15, -0.1) is 0 Å². The van der Waals surface area contributed by atoms with E-state index >= 15 is 0 Å². The second-order valence-electron chi connectivity index (χ2n) is 6.50. The van der Waals surface area contributed by atoms with E-state index in [1.54, 1.807) is 11.1 Å². The van der Waals surface area contributed by atoms with E-state index in [1.165, 1.54) is 30.4 Å². The van der Waals surface area contributed by atoms with Crippen LogP contribution in [0.25, 0.3) is 5.57 Å². The average molecular weight is 257 g/mol. The van der Waals surface area contributed by atoms with E-state index in [2.05, 4.69) is 50.4 Å². The van der Waals surface area contributed by atoms with Gasteiger partial charge in [-0.2, -0.15) is 0 Å². The number of nitrogens with one attached hydrogen (secondary N) is 1. The number of likely N-dealkylation sites (N-methyl/N-ethyl adjacent to an activating group) is 1. The maximum atomic E-state index is 3.33. The Labute approximate surface area is 118 Å². The molecule has 104 valence electrons. The molecule has 1 nitrogen and oxygen atoms in total. The summed E-state index contributed by atoms with van der Waals surface area (Å²) in [5, 5.41) is 3.33. The molecule has 1 aliphatic rings. The largest absolute Gasteiger partial charge is 0.316 e. The van der Waals surface area contributed by atoms with Crippen molar-refractivity contribution >= 4 is 5.57 Å². The lowest BCUT2D eigenvalue weighted by molar-refractivity contribution is 0.330. The van der Waals surface area contributed by atoms with Crippen LogP contribution in [0.15, 0.2) is 29.8 Å². The van der Waals surface area contributed by atoms with Crippen LogP contribution in [0.3, 0.4) is 0 Å². The number of rotatable bonds is 4. The Morgan fingerprint density at radius 1 is 1.16 bits per heavy atom. The number of allylic oxidation sites excluding steroid dienone is 1. The second kappa shape index (κ2) is 5.92. The zero-order chi connectivity index (χ0) is 13.9. The third kappa shape index (κ3) is 3.48. The summed E-state index contributed by atoms with van der Waals surface area (Å²) < 4.78 is 0. The standard InChI is InChI=1S/C18H27N/c1-5-14-6-8-15(9-7-14)17-12-18(2,3)11-10-16(17)13-19-4/h6-9,19H,5,10-13H2,1-4H3. The quantitative estimate of drug-likeness (QED) is 0.841. The molecule has 1 heteroatoms. The molecule has 1 N–H and O–H groups in total. The van der Waals surface area contributed by atoms with Gasteiger partial charge < -0.3 is 5.32 Å². The molecule has 0 saturated heterocycles. The van der Waals surface area contributed by atoms with E-state index in [-0.39, 0.29) is 0 Å². The van der Waals surface area contributed by atoms with Crippen molar-refractivity contribution in [3.05, 3.63) is 41.0 Å². The summed E-state index contributed by atoms with van der Waals surface area (Å²) in [4.78, 5) is 0. The summed E-state index contributed by atoms with van der Waals surface area (Å²) in [6.07, 6.45) is 4.86. The minimum atomic E-state index is 0.440. The summed E-state index contributed by atoms with van der Waals surface area (Å²) in [7, 11) is 2.05. The number of hydrogen-bond acceptors (Lipinski definition) is 1. The molecule has 0 fully saturated rings. The van der Waals surface area contributed by atoms with Crippen LogP contribution < -0.4 is 5.32 Å². The lowest BCUT2D eigenvalue weighted by atomic mass is 9.72. The molecule has 0 aromatic heterocycles. The van der Waals surface area contributed by atoms with Crippen LogP contribution in [0.2, 0.25) is 0 Å². The Morgan fingerprint density at radius 2 is 1.84 bits per heavy atom. The topological polar surface area (TPSA) is 12.0 Å². The first-order valence-electron chi connectivity index (χ1n) is 7.50. The van der Waals surface area contributed by atoms with Crippen molar-refractivity contribution in [1.82, 2.24) is 5.32 Å². The summed E-state index contributed by atoms with van der Waals surface area (Å²) in [6, 6.07) is 9.18. The summed E-state index contributed by atoms with van der Waals surface area (Å²) in [6.45, 7) is 8.03. The van der Waals surface area contributed by atoms with Gasteiger partial charge in [0.1, 0.15) is 0 Å². The molecule has 0 atom stereocenters. The number of aryl methyl sites for hydroxylation is 1. The van der Waals surface area contributed by atoms with Crippen LogP contribution in [0.4, 0.5) is 0 Å². The second-order valence-corrected chi connectivity index (χ2v) is 6.50. The van der Waals surface area contributed by atoms with E-state index in [0.29, 0.717) is 5.41 Å². The fraction of sp³-hybridized carbons (Fsp3) is 0.556. The molecule has 0 amide bonds. The van der Waals surface area contributed by atoms with Crippen LogP contribution >= 0.6 is 0 Å². The zero-order valence-electron chi connectivity index (χ0n) is 12.8. The van der Waals surface area contributed by atoms with Gasteiger partial charge in [0.2, 0.25) is 0 Å². The minimum Gasteiger partial charge on any atom is -0.316 e. The lowest BCUT2D eigenvalue weighted by Gasteiger charge is -2.33. The SMILES string of the molecule is CCc1ccc(C2=C(CNC)CCC(C)(C)C2)cc1. The smallest absolute Gasteiger partial charge is 0.0167 e. The molecule has 0 bridgehead atoms. The Kier molecular flexibility index (Phi) is 4.46. The van der Waals surface area contributed by atoms with Crippen LogP contribution in [0.5, 0.6) is 0 Å². The molecule has 0 spiro atoms. The molecule has 0 aliphatic heterocycles. The average Bonchev–Trinajstić information content (AvgIpc) is 2.41. The highest BCUT2D eigenvalue weighted by Gasteiger charge is 2.27. The lowest BCUT2D eigenvalue weighted by Crippen LogP contribution is -2.22. The first kappa shape index (κ1) is 14.3. The van der Waals surface area contributed by atoms with Crippen molar-refractivity contribution in [1.29, 1.82) is 0 Å².